The van der Waals surface area contributed by atoms with Gasteiger partial charge in [-0.2, -0.15) is 0 Å². The van der Waals surface area contributed by atoms with Crippen molar-refractivity contribution in [2.45, 2.75) is 19.9 Å². The van der Waals surface area contributed by atoms with E-state index in [0.717, 1.165) is 6.29 Å². The van der Waals surface area contributed by atoms with Crippen LogP contribution in [0.3, 0.4) is 0 Å². The molecule has 1 rings (SSSR count). The summed E-state index contributed by atoms with van der Waals surface area (Å²) in [4.78, 5) is 24.1. The van der Waals surface area contributed by atoms with Gasteiger partial charge in [-0.15, -0.1) is 0 Å². The van der Waals surface area contributed by atoms with Crippen molar-refractivity contribution in [2.75, 3.05) is 13.7 Å². The van der Waals surface area contributed by atoms with E-state index in [1.807, 2.05) is 13.8 Å². The normalized spacial score (nSPS) is 10.4. The van der Waals surface area contributed by atoms with Gasteiger partial charge < -0.3 is 9.64 Å². The molecule has 104 valence electrons. The lowest BCUT2D eigenvalue weighted by atomic mass is 10.2. The Morgan fingerprint density at radius 1 is 1.37 bits per heavy atom. The Morgan fingerprint density at radius 2 is 1.89 bits per heavy atom. The van der Waals surface area contributed by atoms with E-state index < -0.39 is 0 Å². The third kappa shape index (κ3) is 4.31. The fraction of sp³-hybridized carbons (Fsp3) is 0.385. The third-order valence-electron chi connectivity index (χ3n) is 2.66. The molecule has 0 spiro atoms. The minimum Gasteiger partial charge on any atom is -0.481 e. The SMILES string of the molecule is CC(C)N(C)C(=O)COc1c(Br)cc(C=O)cc1Br. The summed E-state index contributed by atoms with van der Waals surface area (Å²) in [6, 6.07) is 3.41. The van der Waals surface area contributed by atoms with Crippen LogP contribution in [0.1, 0.15) is 24.2 Å². The highest BCUT2D eigenvalue weighted by Crippen LogP contribution is 2.34. The van der Waals surface area contributed by atoms with Crippen LogP contribution >= 0.6 is 31.9 Å². The topological polar surface area (TPSA) is 46.6 Å². The smallest absolute Gasteiger partial charge is 0.260 e. The monoisotopic (exact) mass is 391 g/mol. The van der Waals surface area contributed by atoms with E-state index in [9.17, 15) is 9.59 Å². The Labute approximate surface area is 129 Å². The summed E-state index contributed by atoms with van der Waals surface area (Å²) in [5.74, 6) is 0.407. The molecule has 0 aromatic heterocycles. The van der Waals surface area contributed by atoms with Crippen molar-refractivity contribution in [1.29, 1.82) is 0 Å². The maximum Gasteiger partial charge on any atom is 0.260 e. The fourth-order valence-corrected chi connectivity index (χ4v) is 2.76. The molecule has 0 saturated heterocycles. The standard InChI is InChI=1S/C13H15Br2NO3/c1-8(2)16(3)12(18)7-19-13-10(14)4-9(6-17)5-11(13)15/h4-6,8H,7H2,1-3H3. The Kier molecular flexibility index (Phi) is 6.00. The molecule has 1 amide bonds. The third-order valence-corrected chi connectivity index (χ3v) is 3.84. The zero-order valence-electron chi connectivity index (χ0n) is 10.9. The Morgan fingerprint density at radius 3 is 2.32 bits per heavy atom. The lowest BCUT2D eigenvalue weighted by molar-refractivity contribution is -0.133. The van der Waals surface area contributed by atoms with E-state index in [-0.39, 0.29) is 18.6 Å². The number of amides is 1. The minimum atomic E-state index is -0.103. The molecule has 4 nitrogen and oxygen atoms in total. The zero-order valence-corrected chi connectivity index (χ0v) is 14.1. The van der Waals surface area contributed by atoms with Crippen LogP contribution in [-0.4, -0.2) is 36.8 Å². The number of hydrogen-bond acceptors (Lipinski definition) is 3. The van der Waals surface area contributed by atoms with E-state index >= 15 is 0 Å². The van der Waals surface area contributed by atoms with Crippen LogP contribution in [0.15, 0.2) is 21.1 Å². The Balaban J connectivity index is 2.79. The lowest BCUT2D eigenvalue weighted by Gasteiger charge is -2.21. The Bertz CT molecular complexity index is 466. The quantitative estimate of drug-likeness (QED) is 0.722. The molecule has 0 bridgehead atoms. The van der Waals surface area contributed by atoms with Crippen molar-refractivity contribution in [1.82, 2.24) is 4.90 Å². The maximum absolute atomic E-state index is 11.8. The van der Waals surface area contributed by atoms with Crippen LogP contribution in [0, 0.1) is 0 Å². The molecule has 6 heteroatoms. The lowest BCUT2D eigenvalue weighted by Crippen LogP contribution is -2.36. The highest BCUT2D eigenvalue weighted by molar-refractivity contribution is 9.11. The number of halogens is 2. The van der Waals surface area contributed by atoms with Gasteiger partial charge in [0.25, 0.3) is 5.91 Å². The molecule has 1 aromatic carbocycles. The van der Waals surface area contributed by atoms with Gasteiger partial charge in [0.05, 0.1) is 8.95 Å². The van der Waals surface area contributed by atoms with Gasteiger partial charge in [-0.1, -0.05) is 0 Å². The molecule has 0 fully saturated rings. The first kappa shape index (κ1) is 16.2. The number of benzene rings is 1. The molecule has 0 heterocycles. The molecule has 0 N–H and O–H groups in total. The second-order valence-electron chi connectivity index (χ2n) is 4.32. The highest BCUT2D eigenvalue weighted by Gasteiger charge is 2.15. The van der Waals surface area contributed by atoms with E-state index in [4.69, 9.17) is 4.74 Å². The van der Waals surface area contributed by atoms with Gasteiger partial charge in [0.15, 0.2) is 6.61 Å². The van der Waals surface area contributed by atoms with Gasteiger partial charge in [-0.3, -0.25) is 9.59 Å². The summed E-state index contributed by atoms with van der Waals surface area (Å²) in [6.07, 6.45) is 0.747. The van der Waals surface area contributed by atoms with Crippen LogP contribution in [0.25, 0.3) is 0 Å². The molecular formula is C13H15Br2NO3. The van der Waals surface area contributed by atoms with E-state index in [1.54, 1.807) is 24.1 Å². The largest absolute Gasteiger partial charge is 0.481 e. The van der Waals surface area contributed by atoms with Gasteiger partial charge in [-0.25, -0.2) is 0 Å². The molecule has 0 aliphatic rings. The van der Waals surface area contributed by atoms with E-state index in [1.165, 1.54) is 0 Å². The molecule has 0 atom stereocenters. The summed E-state index contributed by atoms with van der Waals surface area (Å²) in [5, 5.41) is 0. The first-order valence-electron chi connectivity index (χ1n) is 5.69. The summed E-state index contributed by atoms with van der Waals surface area (Å²) >= 11 is 6.63. The van der Waals surface area contributed by atoms with Crippen LogP contribution in [0.5, 0.6) is 5.75 Å². The average Bonchev–Trinajstić information content (AvgIpc) is 2.35. The van der Waals surface area contributed by atoms with Crippen molar-refractivity contribution in [3.8, 4) is 5.75 Å². The van der Waals surface area contributed by atoms with Crippen molar-refractivity contribution >= 4 is 44.1 Å². The van der Waals surface area contributed by atoms with E-state index in [2.05, 4.69) is 31.9 Å². The van der Waals surface area contributed by atoms with Gasteiger partial charge >= 0.3 is 0 Å². The van der Waals surface area contributed by atoms with Crippen molar-refractivity contribution in [3.63, 3.8) is 0 Å². The van der Waals surface area contributed by atoms with Crippen LogP contribution in [0.2, 0.25) is 0 Å². The van der Waals surface area contributed by atoms with Gasteiger partial charge in [0, 0.05) is 18.7 Å². The minimum absolute atomic E-state index is 0.0493. The number of ether oxygens (including phenoxy) is 1. The Hall–Kier alpha value is -0.880. The van der Waals surface area contributed by atoms with E-state index in [0.29, 0.717) is 20.3 Å². The number of likely N-dealkylation sites (N-methyl/N-ethyl adjacent to an activating group) is 1. The molecule has 0 unspecified atom stereocenters. The summed E-state index contributed by atoms with van der Waals surface area (Å²) in [7, 11) is 1.73. The molecule has 19 heavy (non-hydrogen) atoms. The molecule has 0 radical (unpaired) electrons. The van der Waals surface area contributed by atoms with Gasteiger partial charge in [-0.05, 0) is 57.8 Å². The maximum atomic E-state index is 11.8. The number of rotatable bonds is 5. The first-order chi connectivity index (χ1) is 8.86. The van der Waals surface area contributed by atoms with Crippen LogP contribution in [0.4, 0.5) is 0 Å². The van der Waals surface area contributed by atoms with Crippen LogP contribution < -0.4 is 4.74 Å². The molecular weight excluding hydrogens is 378 g/mol. The molecule has 0 aliphatic heterocycles. The van der Waals surface area contributed by atoms with Crippen molar-refractivity contribution < 1.29 is 14.3 Å². The zero-order chi connectivity index (χ0) is 14.6. The average molecular weight is 393 g/mol. The van der Waals surface area contributed by atoms with Gasteiger partial charge in [0.1, 0.15) is 12.0 Å². The fourth-order valence-electron chi connectivity index (χ4n) is 1.31. The molecule has 1 aromatic rings. The summed E-state index contributed by atoms with van der Waals surface area (Å²) in [6.45, 7) is 3.82. The van der Waals surface area contributed by atoms with Crippen molar-refractivity contribution in [3.05, 3.63) is 26.6 Å². The second-order valence-corrected chi connectivity index (χ2v) is 6.03. The number of hydrogen-bond donors (Lipinski definition) is 0. The van der Waals surface area contributed by atoms with Gasteiger partial charge in [0.2, 0.25) is 0 Å². The molecule has 0 saturated carbocycles. The number of carbonyl (C=O) groups excluding carboxylic acids is 2. The number of nitrogens with zero attached hydrogens (tertiary/aromatic N) is 1. The summed E-state index contributed by atoms with van der Waals surface area (Å²) < 4.78 is 6.76. The predicted molar refractivity (Wildman–Crippen MR) is 80.6 cm³/mol. The second kappa shape index (κ2) is 7.05. The number of aldehydes is 1. The molecule has 0 aliphatic carbocycles. The summed E-state index contributed by atoms with van der Waals surface area (Å²) in [5.41, 5.74) is 0.525. The van der Waals surface area contributed by atoms with Crippen LogP contribution in [-0.2, 0) is 4.79 Å². The highest BCUT2D eigenvalue weighted by atomic mass is 79.9. The number of carbonyl (C=O) groups is 2. The first-order valence-corrected chi connectivity index (χ1v) is 7.28. The van der Waals surface area contributed by atoms with Crippen molar-refractivity contribution in [2.24, 2.45) is 0 Å². The predicted octanol–water partition coefficient (Wildman–Crippen LogP) is 3.27.